The molecular weight excluding hydrogens is 436 g/mol. The number of aliphatic hydroxyl groups is 1. The van der Waals surface area contributed by atoms with Crippen LogP contribution in [0.2, 0.25) is 0 Å². The lowest BCUT2D eigenvalue weighted by atomic mass is 9.46. The molecule has 4 fully saturated rings. The van der Waals surface area contributed by atoms with E-state index in [1.54, 1.807) is 12.2 Å². The Balaban J connectivity index is 1.44. The summed E-state index contributed by atoms with van der Waals surface area (Å²) in [4.78, 5) is 37.8. The van der Waals surface area contributed by atoms with E-state index < -0.39 is 23.2 Å². The van der Waals surface area contributed by atoms with Crippen LogP contribution in [-0.4, -0.2) is 53.9 Å². The molecule has 5 rings (SSSR count). The van der Waals surface area contributed by atoms with Crippen molar-refractivity contribution in [2.45, 2.75) is 83.5 Å². The summed E-state index contributed by atoms with van der Waals surface area (Å²) in [5.74, 6) is -0.368. The van der Waals surface area contributed by atoms with Gasteiger partial charge in [0.2, 0.25) is 5.78 Å². The van der Waals surface area contributed by atoms with Gasteiger partial charge < -0.3 is 19.3 Å². The second-order valence-corrected chi connectivity index (χ2v) is 11.3. The number of fused-ring (bicyclic) bond motifs is 7. The molecule has 1 heterocycles. The number of rotatable bonds is 6. The predicted molar refractivity (Wildman–Crippen MR) is 122 cm³/mol. The Morgan fingerprint density at radius 1 is 1.29 bits per heavy atom. The van der Waals surface area contributed by atoms with Crippen molar-refractivity contribution in [2.24, 2.45) is 28.6 Å². The highest BCUT2D eigenvalue weighted by molar-refractivity contribution is 6.01. The van der Waals surface area contributed by atoms with Gasteiger partial charge in [-0.1, -0.05) is 38.8 Å². The quantitative estimate of drug-likeness (QED) is 0.592. The fourth-order valence-corrected chi connectivity index (χ4v) is 8.18. The van der Waals surface area contributed by atoms with Crippen LogP contribution in [0, 0.1) is 28.6 Å². The fraction of sp³-hybridized carbons (Fsp3) is 0.741. The molecule has 7 nitrogen and oxygen atoms in total. The number of allylic oxidation sites excluding steroid dienone is 4. The molecule has 0 unspecified atom stereocenters. The molecule has 5 aliphatic rings. The molecule has 1 N–H and O–H groups in total. The molecule has 7 heteroatoms. The van der Waals surface area contributed by atoms with E-state index in [2.05, 4.69) is 13.8 Å². The lowest BCUT2D eigenvalue weighted by molar-refractivity contribution is -0.187. The molecule has 186 valence electrons. The molecule has 8 atom stereocenters. The van der Waals surface area contributed by atoms with Crippen molar-refractivity contribution in [3.8, 4) is 0 Å². The second kappa shape index (κ2) is 8.38. The Morgan fingerprint density at radius 3 is 2.85 bits per heavy atom. The molecule has 4 aliphatic carbocycles. The zero-order chi connectivity index (χ0) is 24.3. The van der Waals surface area contributed by atoms with E-state index in [-0.39, 0.29) is 54.1 Å². The molecule has 0 aromatic rings. The van der Waals surface area contributed by atoms with Gasteiger partial charge in [0.1, 0.15) is 6.79 Å². The lowest BCUT2D eigenvalue weighted by Crippen LogP contribution is -2.63. The maximum Gasteiger partial charge on any atom is 0.306 e. The Labute approximate surface area is 200 Å². The fourth-order valence-electron chi connectivity index (χ4n) is 8.18. The number of carbonyl (C=O) groups excluding carboxylic acids is 3. The average Bonchev–Trinajstić information content (AvgIpc) is 3.33. The highest BCUT2D eigenvalue weighted by Gasteiger charge is 2.74. The molecule has 34 heavy (non-hydrogen) atoms. The van der Waals surface area contributed by atoms with E-state index in [1.165, 1.54) is 0 Å². The summed E-state index contributed by atoms with van der Waals surface area (Å²) in [6.45, 7) is 5.88. The number of hydrogen-bond acceptors (Lipinski definition) is 7. The number of aliphatic hydroxyl groups excluding tert-OH is 1. The van der Waals surface area contributed by atoms with Gasteiger partial charge in [0, 0.05) is 23.2 Å². The monoisotopic (exact) mass is 472 g/mol. The van der Waals surface area contributed by atoms with E-state index in [0.29, 0.717) is 19.3 Å². The topological polar surface area (TPSA) is 99.1 Å². The third kappa shape index (κ3) is 3.23. The molecule has 3 saturated carbocycles. The molecule has 0 radical (unpaired) electrons. The summed E-state index contributed by atoms with van der Waals surface area (Å²) in [7, 11) is 0. The summed E-state index contributed by atoms with van der Waals surface area (Å²) >= 11 is 0. The van der Waals surface area contributed by atoms with Gasteiger partial charge in [-0.05, 0) is 56.1 Å². The van der Waals surface area contributed by atoms with E-state index in [1.807, 2.05) is 13.0 Å². The number of hydrogen-bond donors (Lipinski definition) is 1. The summed E-state index contributed by atoms with van der Waals surface area (Å²) in [6.07, 6.45) is 8.91. The van der Waals surface area contributed by atoms with Crippen LogP contribution < -0.4 is 0 Å². The molecule has 0 spiro atoms. The van der Waals surface area contributed by atoms with Crippen molar-refractivity contribution in [3.05, 3.63) is 23.8 Å². The third-order valence-electron chi connectivity index (χ3n) is 9.72. The minimum atomic E-state index is -1.22. The summed E-state index contributed by atoms with van der Waals surface area (Å²) in [5.41, 5.74) is -1.13. The second-order valence-electron chi connectivity index (χ2n) is 11.3. The predicted octanol–water partition coefficient (Wildman–Crippen LogP) is 3.29. The van der Waals surface area contributed by atoms with E-state index in [9.17, 15) is 19.5 Å². The van der Waals surface area contributed by atoms with Gasteiger partial charge in [0.05, 0.1) is 12.2 Å². The van der Waals surface area contributed by atoms with Gasteiger partial charge in [-0.2, -0.15) is 0 Å². The zero-order valence-corrected chi connectivity index (χ0v) is 20.4. The van der Waals surface area contributed by atoms with E-state index >= 15 is 0 Å². The molecule has 1 aliphatic heterocycles. The maximum absolute atomic E-state index is 13.7. The Kier molecular flexibility index (Phi) is 5.89. The smallest absolute Gasteiger partial charge is 0.306 e. The van der Waals surface area contributed by atoms with Crippen LogP contribution in [0.3, 0.4) is 0 Å². The van der Waals surface area contributed by atoms with Crippen molar-refractivity contribution >= 4 is 17.5 Å². The number of esters is 1. The normalized spacial score (nSPS) is 44.5. The minimum absolute atomic E-state index is 0.0105. The van der Waals surface area contributed by atoms with Crippen LogP contribution in [-0.2, 0) is 28.6 Å². The largest absolute Gasteiger partial charge is 0.458 e. The SMILES string of the molecule is CCCCC(=O)OCC(=O)[C@@]12OCO[C@@H]1C[C@H]1[C@@H]3CCC4=CC(=O)C=C[C@]4(C)[C@H]3[C@@H](O)C[C@@]12C. The lowest BCUT2D eigenvalue weighted by Gasteiger charge is -2.59. The van der Waals surface area contributed by atoms with Gasteiger partial charge >= 0.3 is 5.97 Å². The molecule has 0 bridgehead atoms. The van der Waals surface area contributed by atoms with Crippen LogP contribution in [0.25, 0.3) is 0 Å². The van der Waals surface area contributed by atoms with Crippen molar-refractivity contribution in [1.82, 2.24) is 0 Å². The van der Waals surface area contributed by atoms with Crippen molar-refractivity contribution in [2.75, 3.05) is 13.4 Å². The number of ether oxygens (including phenoxy) is 3. The highest BCUT2D eigenvalue weighted by atomic mass is 16.7. The van der Waals surface area contributed by atoms with Crippen molar-refractivity contribution < 1.29 is 33.7 Å². The van der Waals surface area contributed by atoms with Gasteiger partial charge in [-0.3, -0.25) is 14.4 Å². The first-order valence-electron chi connectivity index (χ1n) is 12.7. The van der Waals surface area contributed by atoms with Crippen LogP contribution in [0.4, 0.5) is 0 Å². The van der Waals surface area contributed by atoms with Crippen LogP contribution in [0.1, 0.15) is 65.7 Å². The van der Waals surface area contributed by atoms with Gasteiger partial charge in [0.15, 0.2) is 18.0 Å². The molecule has 1 saturated heterocycles. The maximum atomic E-state index is 13.7. The first-order chi connectivity index (χ1) is 16.2. The molecular formula is C27H36O7. The van der Waals surface area contributed by atoms with Crippen LogP contribution >= 0.6 is 0 Å². The minimum Gasteiger partial charge on any atom is -0.458 e. The highest BCUT2D eigenvalue weighted by Crippen LogP contribution is 2.69. The standard InChI is InChI=1S/C27H36O7/c1-4-5-6-23(31)32-14-21(30)27-22(33-15-34-27)12-19-18-8-7-16-11-17(28)9-10-25(16,2)24(18)20(29)13-26(19,27)3/h9-11,18-20,22,24,29H,4-8,12-15H2,1-3H3/t18-,19-,20-,22+,24+,25-,26-,27+/m0/s1. The van der Waals surface area contributed by atoms with E-state index in [4.69, 9.17) is 14.2 Å². The molecule has 0 aromatic heterocycles. The Hall–Kier alpha value is -1.83. The van der Waals surface area contributed by atoms with Crippen LogP contribution in [0.5, 0.6) is 0 Å². The average molecular weight is 473 g/mol. The first kappa shape index (κ1) is 23.9. The molecule has 0 aromatic carbocycles. The van der Waals surface area contributed by atoms with Gasteiger partial charge in [-0.15, -0.1) is 0 Å². The zero-order valence-electron chi connectivity index (χ0n) is 20.4. The number of ketones is 2. The third-order valence-corrected chi connectivity index (χ3v) is 9.72. The molecule has 0 amide bonds. The first-order valence-corrected chi connectivity index (χ1v) is 12.7. The summed E-state index contributed by atoms with van der Waals surface area (Å²) < 4.78 is 17.4. The number of Topliss-reactive ketones (excluding diaryl/α,β-unsaturated/α-hetero) is 1. The van der Waals surface area contributed by atoms with Crippen LogP contribution in [0.15, 0.2) is 23.8 Å². The Morgan fingerprint density at radius 2 is 2.09 bits per heavy atom. The summed E-state index contributed by atoms with van der Waals surface area (Å²) in [6, 6.07) is 0. The number of unbranched alkanes of at least 4 members (excludes halogenated alkanes) is 1. The van der Waals surface area contributed by atoms with E-state index in [0.717, 1.165) is 31.3 Å². The van der Waals surface area contributed by atoms with Gasteiger partial charge in [0.25, 0.3) is 0 Å². The van der Waals surface area contributed by atoms with Gasteiger partial charge in [-0.25, -0.2) is 0 Å². The Bertz CT molecular complexity index is 953. The van der Waals surface area contributed by atoms with Crippen molar-refractivity contribution in [1.29, 1.82) is 0 Å². The summed E-state index contributed by atoms with van der Waals surface area (Å²) in [5, 5.41) is 11.6. The number of carbonyl (C=O) groups is 3. The van der Waals surface area contributed by atoms with Crippen molar-refractivity contribution in [3.63, 3.8) is 0 Å².